The van der Waals surface area contributed by atoms with Gasteiger partial charge in [-0.1, -0.05) is 0 Å². The lowest BCUT2D eigenvalue weighted by Gasteiger charge is -2.15. The van der Waals surface area contributed by atoms with Crippen LogP contribution in [-0.4, -0.2) is 62.1 Å². The Morgan fingerprint density at radius 3 is 2.77 bits per heavy atom. The van der Waals surface area contributed by atoms with Crippen molar-refractivity contribution in [2.75, 3.05) is 33.5 Å². The largest absolute Gasteiger partial charge is 0.394 e. The van der Waals surface area contributed by atoms with Gasteiger partial charge in [-0.2, -0.15) is 0 Å². The van der Waals surface area contributed by atoms with Crippen LogP contribution in [0.25, 0.3) is 0 Å². The fraction of sp³-hybridized carbons (Fsp3) is 1.00. The summed E-state index contributed by atoms with van der Waals surface area (Å²) in [5.74, 6) is 0. The average molecular weight is 192 g/mol. The molecule has 1 fully saturated rings. The Balaban J connectivity index is 2.20. The number of aliphatic hydroxyl groups excluding tert-OH is 2. The molecule has 5 nitrogen and oxygen atoms in total. The zero-order valence-electron chi connectivity index (χ0n) is 7.68. The summed E-state index contributed by atoms with van der Waals surface area (Å²) in [4.78, 5) is 0. The molecule has 0 unspecified atom stereocenters. The van der Waals surface area contributed by atoms with Crippen molar-refractivity contribution in [2.45, 2.75) is 18.3 Å². The molecule has 1 aliphatic rings. The van der Waals surface area contributed by atoms with Crippen LogP contribution >= 0.6 is 0 Å². The second-order valence-corrected chi connectivity index (χ2v) is 2.95. The summed E-state index contributed by atoms with van der Waals surface area (Å²) in [5, 5.41) is 18.3. The summed E-state index contributed by atoms with van der Waals surface area (Å²) in [6.45, 7) is 1.08. The lowest BCUT2D eigenvalue weighted by molar-refractivity contribution is -0.0396. The van der Waals surface area contributed by atoms with E-state index in [2.05, 4.69) is 0 Å². The van der Waals surface area contributed by atoms with E-state index < -0.39 is 12.2 Å². The highest BCUT2D eigenvalue weighted by Crippen LogP contribution is 2.16. The molecule has 0 bridgehead atoms. The van der Waals surface area contributed by atoms with E-state index in [-0.39, 0.29) is 12.7 Å². The maximum Gasteiger partial charge on any atom is 0.111 e. The van der Waals surface area contributed by atoms with E-state index in [4.69, 9.17) is 19.3 Å². The van der Waals surface area contributed by atoms with Crippen LogP contribution in [0.2, 0.25) is 0 Å². The Hall–Kier alpha value is -0.200. The predicted molar refractivity (Wildman–Crippen MR) is 44.4 cm³/mol. The minimum Gasteiger partial charge on any atom is -0.394 e. The first kappa shape index (κ1) is 10.9. The van der Waals surface area contributed by atoms with Crippen molar-refractivity contribution in [1.82, 2.24) is 0 Å². The minimum absolute atomic E-state index is 0.175. The monoisotopic (exact) mass is 192 g/mol. The molecule has 2 N–H and O–H groups in total. The van der Waals surface area contributed by atoms with Gasteiger partial charge in [-0.05, 0) is 0 Å². The summed E-state index contributed by atoms with van der Waals surface area (Å²) in [7, 11) is 1.58. The molecule has 78 valence electrons. The van der Waals surface area contributed by atoms with Gasteiger partial charge in [0.05, 0.1) is 26.4 Å². The summed E-state index contributed by atoms with van der Waals surface area (Å²) in [5.41, 5.74) is 0. The van der Waals surface area contributed by atoms with Crippen LogP contribution in [0.15, 0.2) is 0 Å². The third kappa shape index (κ3) is 2.89. The molecule has 13 heavy (non-hydrogen) atoms. The first-order valence-corrected chi connectivity index (χ1v) is 4.30. The van der Waals surface area contributed by atoms with Gasteiger partial charge >= 0.3 is 0 Å². The molecule has 0 aliphatic carbocycles. The standard InChI is InChI=1S/C8H16O5/c1-11-2-3-12-7-5-13-6(4-9)8(7)10/h6-10H,2-5H2,1H3/t6-,7+,8-/m1/s1. The van der Waals surface area contributed by atoms with E-state index in [1.54, 1.807) is 7.11 Å². The normalized spacial score (nSPS) is 33.9. The molecular weight excluding hydrogens is 176 g/mol. The number of ether oxygens (including phenoxy) is 3. The summed E-state index contributed by atoms with van der Waals surface area (Å²) in [6.07, 6.45) is -1.58. The second-order valence-electron chi connectivity index (χ2n) is 2.95. The highest BCUT2D eigenvalue weighted by Gasteiger charge is 2.35. The summed E-state index contributed by atoms with van der Waals surface area (Å²) < 4.78 is 15.2. The van der Waals surface area contributed by atoms with E-state index in [1.165, 1.54) is 0 Å². The molecule has 0 radical (unpaired) electrons. The van der Waals surface area contributed by atoms with Crippen molar-refractivity contribution < 1.29 is 24.4 Å². The Bertz CT molecular complexity index is 140. The predicted octanol–water partition coefficient (Wildman–Crippen LogP) is -1.23. The first-order valence-electron chi connectivity index (χ1n) is 4.30. The quantitative estimate of drug-likeness (QED) is 0.534. The first-order chi connectivity index (χ1) is 6.29. The van der Waals surface area contributed by atoms with Gasteiger partial charge in [0.1, 0.15) is 18.3 Å². The highest BCUT2D eigenvalue weighted by atomic mass is 16.6. The lowest BCUT2D eigenvalue weighted by Crippen LogP contribution is -2.34. The van der Waals surface area contributed by atoms with E-state index in [0.29, 0.717) is 19.8 Å². The zero-order valence-corrected chi connectivity index (χ0v) is 7.68. The molecule has 0 amide bonds. The Kier molecular flexibility index (Phi) is 4.61. The fourth-order valence-corrected chi connectivity index (χ4v) is 1.25. The highest BCUT2D eigenvalue weighted by molar-refractivity contribution is 4.83. The van der Waals surface area contributed by atoms with Gasteiger partial charge < -0.3 is 24.4 Å². The van der Waals surface area contributed by atoms with Crippen molar-refractivity contribution in [2.24, 2.45) is 0 Å². The van der Waals surface area contributed by atoms with Gasteiger partial charge in [0, 0.05) is 7.11 Å². The Morgan fingerprint density at radius 2 is 2.23 bits per heavy atom. The average Bonchev–Trinajstić information content (AvgIpc) is 2.48. The van der Waals surface area contributed by atoms with Gasteiger partial charge in [-0.15, -0.1) is 0 Å². The zero-order chi connectivity index (χ0) is 9.68. The van der Waals surface area contributed by atoms with Crippen molar-refractivity contribution in [1.29, 1.82) is 0 Å². The molecular formula is C8H16O5. The van der Waals surface area contributed by atoms with Crippen LogP contribution in [0.1, 0.15) is 0 Å². The van der Waals surface area contributed by atoms with Gasteiger partial charge in [0.2, 0.25) is 0 Å². The maximum atomic E-state index is 9.50. The Morgan fingerprint density at radius 1 is 1.46 bits per heavy atom. The molecule has 0 saturated carbocycles. The summed E-state index contributed by atoms with van der Waals surface area (Å²) >= 11 is 0. The van der Waals surface area contributed by atoms with Crippen molar-refractivity contribution in [3.63, 3.8) is 0 Å². The molecule has 0 spiro atoms. The third-order valence-electron chi connectivity index (χ3n) is 2.04. The molecule has 5 heteroatoms. The minimum atomic E-state index is -0.734. The van der Waals surface area contributed by atoms with E-state index in [9.17, 15) is 5.11 Å². The van der Waals surface area contributed by atoms with Crippen LogP contribution in [0.5, 0.6) is 0 Å². The Labute approximate surface area is 77.2 Å². The van der Waals surface area contributed by atoms with Gasteiger partial charge in [0.15, 0.2) is 0 Å². The molecule has 1 aliphatic heterocycles. The van der Waals surface area contributed by atoms with Crippen LogP contribution in [-0.2, 0) is 14.2 Å². The van der Waals surface area contributed by atoms with Crippen molar-refractivity contribution in [3.8, 4) is 0 Å². The van der Waals surface area contributed by atoms with Gasteiger partial charge in [0.25, 0.3) is 0 Å². The third-order valence-corrected chi connectivity index (χ3v) is 2.04. The maximum absolute atomic E-state index is 9.50. The van der Waals surface area contributed by atoms with Crippen LogP contribution < -0.4 is 0 Å². The molecule has 0 aromatic heterocycles. The number of aliphatic hydroxyl groups is 2. The van der Waals surface area contributed by atoms with E-state index >= 15 is 0 Å². The topological polar surface area (TPSA) is 68.2 Å². The molecule has 1 heterocycles. The van der Waals surface area contributed by atoms with Crippen molar-refractivity contribution in [3.05, 3.63) is 0 Å². The second kappa shape index (κ2) is 5.51. The number of methoxy groups -OCH3 is 1. The van der Waals surface area contributed by atoms with E-state index in [1.807, 2.05) is 0 Å². The van der Waals surface area contributed by atoms with Crippen molar-refractivity contribution >= 4 is 0 Å². The number of rotatable bonds is 5. The van der Waals surface area contributed by atoms with Gasteiger partial charge in [-0.25, -0.2) is 0 Å². The SMILES string of the molecule is COCCO[C@H]1CO[C@H](CO)[C@H]1O. The fourth-order valence-electron chi connectivity index (χ4n) is 1.25. The molecule has 0 aromatic rings. The molecule has 0 aromatic carbocycles. The number of hydrogen-bond acceptors (Lipinski definition) is 5. The molecule has 1 rings (SSSR count). The summed E-state index contributed by atoms with van der Waals surface area (Å²) in [6, 6.07) is 0. The van der Waals surface area contributed by atoms with Crippen LogP contribution in [0.4, 0.5) is 0 Å². The molecule has 3 atom stereocenters. The van der Waals surface area contributed by atoms with Crippen LogP contribution in [0.3, 0.4) is 0 Å². The lowest BCUT2D eigenvalue weighted by atomic mass is 10.1. The smallest absolute Gasteiger partial charge is 0.111 e. The van der Waals surface area contributed by atoms with Crippen LogP contribution in [0, 0.1) is 0 Å². The van der Waals surface area contributed by atoms with E-state index in [0.717, 1.165) is 0 Å². The number of hydrogen-bond donors (Lipinski definition) is 2. The van der Waals surface area contributed by atoms with Gasteiger partial charge in [-0.3, -0.25) is 0 Å². The molecule has 1 saturated heterocycles.